The number of rotatable bonds is 5. The Morgan fingerprint density at radius 3 is 2.80 bits per heavy atom. The number of benzene rings is 2. The quantitative estimate of drug-likeness (QED) is 0.374. The van der Waals surface area contributed by atoms with Gasteiger partial charge in [0.25, 0.3) is 0 Å². The standard InChI is InChI=1S/C23H17ClN4OS/c24-16-5-8-21(25-12-16)28-23-27-18(13-30-23)11-22(29)26-17-6-7-20-15(10-17)9-14-3-1-2-4-19(14)20/h1-8,10,12-13H,9,11H2,(H,26,29)(H,25,27,28). The van der Waals surface area contributed by atoms with Crippen LogP contribution in [0.5, 0.6) is 0 Å². The van der Waals surface area contributed by atoms with Gasteiger partial charge in [-0.2, -0.15) is 0 Å². The van der Waals surface area contributed by atoms with Crippen LogP contribution in [0, 0.1) is 0 Å². The smallest absolute Gasteiger partial charge is 0.230 e. The molecule has 1 amide bonds. The van der Waals surface area contributed by atoms with E-state index in [1.807, 2.05) is 11.4 Å². The fraction of sp³-hybridized carbons (Fsp3) is 0.0870. The number of pyridine rings is 1. The number of aromatic nitrogens is 2. The van der Waals surface area contributed by atoms with Crippen LogP contribution in [0.3, 0.4) is 0 Å². The third kappa shape index (κ3) is 3.92. The summed E-state index contributed by atoms with van der Waals surface area (Å²) in [5.41, 5.74) is 6.61. The first-order valence-electron chi connectivity index (χ1n) is 9.48. The lowest BCUT2D eigenvalue weighted by Gasteiger charge is -2.07. The Kier molecular flexibility index (Phi) is 4.94. The van der Waals surface area contributed by atoms with E-state index in [1.54, 1.807) is 18.3 Å². The van der Waals surface area contributed by atoms with Gasteiger partial charge in [-0.25, -0.2) is 9.97 Å². The molecule has 2 heterocycles. The molecule has 1 aliphatic carbocycles. The number of anilines is 3. The second kappa shape index (κ2) is 7.89. The SMILES string of the molecule is O=C(Cc1csc(Nc2ccc(Cl)cn2)n1)Nc1ccc2c(c1)Cc1ccccc1-2. The summed E-state index contributed by atoms with van der Waals surface area (Å²) in [6, 6.07) is 18.1. The first-order chi connectivity index (χ1) is 14.6. The number of hydrogen-bond acceptors (Lipinski definition) is 5. The molecule has 0 aliphatic heterocycles. The third-order valence-corrected chi connectivity index (χ3v) is 5.96. The van der Waals surface area contributed by atoms with E-state index in [1.165, 1.54) is 33.6 Å². The lowest BCUT2D eigenvalue weighted by atomic mass is 10.1. The molecule has 0 fully saturated rings. The first kappa shape index (κ1) is 18.8. The molecule has 0 saturated carbocycles. The van der Waals surface area contributed by atoms with Crippen LogP contribution < -0.4 is 10.6 Å². The number of amides is 1. The Balaban J connectivity index is 1.22. The van der Waals surface area contributed by atoms with Crippen molar-refractivity contribution in [2.45, 2.75) is 12.8 Å². The van der Waals surface area contributed by atoms with Crippen LogP contribution in [-0.2, 0) is 17.6 Å². The summed E-state index contributed by atoms with van der Waals surface area (Å²) in [6.07, 6.45) is 2.68. The largest absolute Gasteiger partial charge is 0.326 e. The first-order valence-corrected chi connectivity index (χ1v) is 10.7. The molecule has 0 saturated heterocycles. The predicted molar refractivity (Wildman–Crippen MR) is 122 cm³/mol. The van der Waals surface area contributed by atoms with Gasteiger partial charge in [-0.05, 0) is 52.9 Å². The molecule has 0 radical (unpaired) electrons. The van der Waals surface area contributed by atoms with E-state index in [0.717, 1.165) is 12.1 Å². The van der Waals surface area contributed by atoms with E-state index in [9.17, 15) is 4.79 Å². The maximum atomic E-state index is 12.5. The highest BCUT2D eigenvalue weighted by molar-refractivity contribution is 7.13. The number of halogens is 1. The summed E-state index contributed by atoms with van der Waals surface area (Å²) < 4.78 is 0. The minimum Gasteiger partial charge on any atom is -0.326 e. The molecule has 0 bridgehead atoms. The predicted octanol–water partition coefficient (Wildman–Crippen LogP) is 5.69. The van der Waals surface area contributed by atoms with Crippen LogP contribution in [0.2, 0.25) is 5.02 Å². The van der Waals surface area contributed by atoms with Crippen LogP contribution in [0.15, 0.2) is 66.2 Å². The average molecular weight is 433 g/mol. The maximum absolute atomic E-state index is 12.5. The second-order valence-electron chi connectivity index (χ2n) is 7.06. The van der Waals surface area contributed by atoms with Crippen molar-refractivity contribution in [3.8, 4) is 11.1 Å². The van der Waals surface area contributed by atoms with Crippen LogP contribution in [0.4, 0.5) is 16.6 Å². The van der Waals surface area contributed by atoms with Crippen LogP contribution in [0.1, 0.15) is 16.8 Å². The fourth-order valence-electron chi connectivity index (χ4n) is 3.60. The topological polar surface area (TPSA) is 66.9 Å². The minimum atomic E-state index is -0.0908. The third-order valence-electron chi connectivity index (χ3n) is 4.93. The van der Waals surface area contributed by atoms with Gasteiger partial charge in [0.2, 0.25) is 5.91 Å². The van der Waals surface area contributed by atoms with Crippen LogP contribution in [0.25, 0.3) is 11.1 Å². The van der Waals surface area contributed by atoms with E-state index in [4.69, 9.17) is 11.6 Å². The Bertz CT molecular complexity index is 1240. The Hall–Kier alpha value is -3.22. The number of nitrogens with zero attached hydrogens (tertiary/aromatic N) is 2. The summed E-state index contributed by atoms with van der Waals surface area (Å²) in [5, 5.41) is 9.24. The highest BCUT2D eigenvalue weighted by Gasteiger charge is 2.18. The number of carbonyl (C=O) groups excluding carboxylic acids is 1. The molecule has 5 nitrogen and oxygen atoms in total. The van der Waals surface area contributed by atoms with E-state index in [2.05, 4.69) is 57.0 Å². The molecule has 2 aromatic heterocycles. The lowest BCUT2D eigenvalue weighted by molar-refractivity contribution is -0.115. The van der Waals surface area contributed by atoms with E-state index < -0.39 is 0 Å². The molecule has 0 unspecified atom stereocenters. The molecule has 0 spiro atoms. The number of thiazole rings is 1. The summed E-state index contributed by atoms with van der Waals surface area (Å²) in [7, 11) is 0. The summed E-state index contributed by atoms with van der Waals surface area (Å²) in [5.74, 6) is 0.566. The van der Waals surface area contributed by atoms with Crippen molar-refractivity contribution in [2.75, 3.05) is 10.6 Å². The number of nitrogens with one attached hydrogen (secondary N) is 2. The molecule has 4 aromatic rings. The molecular formula is C23H17ClN4OS. The van der Waals surface area contributed by atoms with E-state index in [-0.39, 0.29) is 12.3 Å². The lowest BCUT2D eigenvalue weighted by Crippen LogP contribution is -2.14. The molecule has 0 atom stereocenters. The second-order valence-corrected chi connectivity index (χ2v) is 8.36. The zero-order chi connectivity index (χ0) is 20.5. The van der Waals surface area contributed by atoms with Gasteiger partial charge in [0.1, 0.15) is 5.82 Å². The summed E-state index contributed by atoms with van der Waals surface area (Å²) in [6.45, 7) is 0. The van der Waals surface area contributed by atoms with Gasteiger partial charge in [-0.15, -0.1) is 11.3 Å². The Morgan fingerprint density at radius 2 is 1.93 bits per heavy atom. The van der Waals surface area contributed by atoms with Crippen molar-refractivity contribution < 1.29 is 4.79 Å². The van der Waals surface area contributed by atoms with Crippen molar-refractivity contribution in [1.82, 2.24) is 9.97 Å². The monoisotopic (exact) mass is 432 g/mol. The van der Waals surface area contributed by atoms with Crippen molar-refractivity contribution in [3.05, 3.63) is 88.0 Å². The van der Waals surface area contributed by atoms with Crippen molar-refractivity contribution in [2.24, 2.45) is 0 Å². The average Bonchev–Trinajstić information content (AvgIpc) is 3.33. The number of fused-ring (bicyclic) bond motifs is 3. The van der Waals surface area contributed by atoms with Crippen molar-refractivity contribution in [1.29, 1.82) is 0 Å². The van der Waals surface area contributed by atoms with E-state index >= 15 is 0 Å². The molecule has 148 valence electrons. The fourth-order valence-corrected chi connectivity index (χ4v) is 4.43. The van der Waals surface area contributed by atoms with Crippen molar-refractivity contribution in [3.63, 3.8) is 0 Å². The van der Waals surface area contributed by atoms with Gasteiger partial charge >= 0.3 is 0 Å². The molecule has 2 N–H and O–H groups in total. The van der Waals surface area contributed by atoms with Crippen LogP contribution >= 0.6 is 22.9 Å². The molecule has 2 aromatic carbocycles. The van der Waals surface area contributed by atoms with Gasteiger partial charge in [0.15, 0.2) is 5.13 Å². The minimum absolute atomic E-state index is 0.0908. The molecular weight excluding hydrogens is 416 g/mol. The van der Waals surface area contributed by atoms with Gasteiger partial charge < -0.3 is 10.6 Å². The Labute approximate surface area is 182 Å². The molecule has 30 heavy (non-hydrogen) atoms. The van der Waals surface area contributed by atoms with Gasteiger partial charge in [0.05, 0.1) is 17.1 Å². The van der Waals surface area contributed by atoms with Gasteiger partial charge in [0, 0.05) is 17.3 Å². The van der Waals surface area contributed by atoms with E-state index in [0.29, 0.717) is 21.7 Å². The maximum Gasteiger partial charge on any atom is 0.230 e. The van der Waals surface area contributed by atoms with Gasteiger partial charge in [-0.1, -0.05) is 41.9 Å². The zero-order valence-electron chi connectivity index (χ0n) is 15.9. The molecule has 1 aliphatic rings. The highest BCUT2D eigenvalue weighted by Crippen LogP contribution is 2.37. The summed E-state index contributed by atoms with van der Waals surface area (Å²) >= 11 is 7.28. The van der Waals surface area contributed by atoms with Gasteiger partial charge in [-0.3, -0.25) is 4.79 Å². The molecule has 5 rings (SSSR count). The Morgan fingerprint density at radius 1 is 1.07 bits per heavy atom. The van der Waals surface area contributed by atoms with Crippen molar-refractivity contribution >= 4 is 45.5 Å². The number of carbonyl (C=O) groups is 1. The zero-order valence-corrected chi connectivity index (χ0v) is 17.4. The highest BCUT2D eigenvalue weighted by atomic mass is 35.5. The van der Waals surface area contributed by atoms with Crippen LogP contribution in [-0.4, -0.2) is 15.9 Å². The number of hydrogen-bond donors (Lipinski definition) is 2. The normalized spacial score (nSPS) is 11.6. The molecule has 7 heteroatoms. The summed E-state index contributed by atoms with van der Waals surface area (Å²) in [4.78, 5) is 21.2.